The molecule has 0 saturated carbocycles. The molecule has 0 radical (unpaired) electrons. The van der Waals surface area contributed by atoms with Crippen LogP contribution in [0.3, 0.4) is 0 Å². The monoisotopic (exact) mass is 369 g/mol. The molecular formula is C22H27NO4. The summed E-state index contributed by atoms with van der Waals surface area (Å²) in [6.07, 6.45) is 4.56. The Kier molecular flexibility index (Phi) is 6.58. The lowest BCUT2D eigenvalue weighted by molar-refractivity contribution is 0.0761. The van der Waals surface area contributed by atoms with Crippen LogP contribution in [0.2, 0.25) is 0 Å². The molecule has 0 spiro atoms. The number of amides is 1. The van der Waals surface area contributed by atoms with Crippen molar-refractivity contribution in [3.8, 4) is 17.2 Å². The normalized spacial score (nSPS) is 14.4. The van der Waals surface area contributed by atoms with Crippen LogP contribution >= 0.6 is 0 Å². The van der Waals surface area contributed by atoms with Crippen molar-refractivity contribution in [2.24, 2.45) is 0 Å². The fraction of sp³-hybridized carbons (Fsp3) is 0.409. The van der Waals surface area contributed by atoms with Gasteiger partial charge in [0.2, 0.25) is 0 Å². The van der Waals surface area contributed by atoms with E-state index in [2.05, 4.69) is 0 Å². The molecule has 1 aliphatic rings. The number of hydrogen-bond acceptors (Lipinski definition) is 4. The predicted molar refractivity (Wildman–Crippen MR) is 105 cm³/mol. The number of hydrogen-bond donors (Lipinski definition) is 0. The molecule has 0 N–H and O–H groups in total. The number of carbonyl (C=O) groups excluding carboxylic acids is 1. The van der Waals surface area contributed by atoms with Crippen molar-refractivity contribution in [3.05, 3.63) is 53.6 Å². The van der Waals surface area contributed by atoms with Crippen molar-refractivity contribution in [3.63, 3.8) is 0 Å². The third-order valence-corrected chi connectivity index (χ3v) is 4.87. The third kappa shape index (κ3) is 4.94. The van der Waals surface area contributed by atoms with Crippen LogP contribution in [-0.4, -0.2) is 38.1 Å². The Morgan fingerprint density at radius 2 is 1.56 bits per heavy atom. The van der Waals surface area contributed by atoms with Crippen LogP contribution in [-0.2, 0) is 6.61 Å². The highest BCUT2D eigenvalue weighted by molar-refractivity contribution is 5.94. The van der Waals surface area contributed by atoms with Gasteiger partial charge in [-0.3, -0.25) is 4.79 Å². The molecular weight excluding hydrogens is 342 g/mol. The van der Waals surface area contributed by atoms with Crippen molar-refractivity contribution in [2.45, 2.75) is 32.3 Å². The Hall–Kier alpha value is -2.69. The van der Waals surface area contributed by atoms with Crippen molar-refractivity contribution in [1.29, 1.82) is 0 Å². The molecule has 27 heavy (non-hydrogen) atoms. The highest BCUT2D eigenvalue weighted by Crippen LogP contribution is 2.24. The molecule has 1 amide bonds. The summed E-state index contributed by atoms with van der Waals surface area (Å²) >= 11 is 0. The second-order valence-corrected chi connectivity index (χ2v) is 6.70. The zero-order chi connectivity index (χ0) is 19.1. The molecule has 2 aromatic rings. The van der Waals surface area contributed by atoms with Crippen LogP contribution in [0.5, 0.6) is 17.2 Å². The zero-order valence-corrected chi connectivity index (χ0v) is 16.1. The Balaban J connectivity index is 1.73. The molecule has 5 nitrogen and oxygen atoms in total. The summed E-state index contributed by atoms with van der Waals surface area (Å²) in [4.78, 5) is 14.8. The average molecular weight is 369 g/mol. The first-order valence-electron chi connectivity index (χ1n) is 9.44. The number of ether oxygens (including phenoxy) is 3. The lowest BCUT2D eigenvalue weighted by atomic mass is 10.1. The third-order valence-electron chi connectivity index (χ3n) is 4.87. The number of methoxy groups -OCH3 is 2. The van der Waals surface area contributed by atoms with Gasteiger partial charge in [0.15, 0.2) is 0 Å². The lowest BCUT2D eigenvalue weighted by Gasteiger charge is -2.21. The molecule has 1 aliphatic heterocycles. The molecule has 0 aliphatic carbocycles. The maximum absolute atomic E-state index is 12.9. The van der Waals surface area contributed by atoms with Crippen LogP contribution in [0, 0.1) is 0 Å². The molecule has 1 saturated heterocycles. The van der Waals surface area contributed by atoms with Crippen LogP contribution in [0.15, 0.2) is 42.5 Å². The quantitative estimate of drug-likeness (QED) is 0.762. The van der Waals surface area contributed by atoms with E-state index in [0.29, 0.717) is 12.2 Å². The van der Waals surface area contributed by atoms with Crippen LogP contribution < -0.4 is 14.2 Å². The second kappa shape index (κ2) is 9.31. The van der Waals surface area contributed by atoms with E-state index >= 15 is 0 Å². The highest BCUT2D eigenvalue weighted by Gasteiger charge is 2.18. The minimum Gasteiger partial charge on any atom is -0.497 e. The molecule has 0 aromatic heterocycles. The summed E-state index contributed by atoms with van der Waals surface area (Å²) in [5, 5.41) is 0. The number of carbonyl (C=O) groups is 1. The van der Waals surface area contributed by atoms with Gasteiger partial charge in [-0.1, -0.05) is 12.8 Å². The summed E-state index contributed by atoms with van der Waals surface area (Å²) in [5.41, 5.74) is 1.54. The molecule has 3 rings (SSSR count). The molecule has 0 bridgehead atoms. The minimum absolute atomic E-state index is 0.0882. The summed E-state index contributed by atoms with van der Waals surface area (Å²) < 4.78 is 16.5. The SMILES string of the molecule is COc1ccc(OCc2cc(C(=O)N3CCCCCC3)ccc2OC)cc1. The number of benzene rings is 2. The molecule has 5 heteroatoms. The fourth-order valence-corrected chi connectivity index (χ4v) is 3.31. The van der Waals surface area contributed by atoms with E-state index in [4.69, 9.17) is 14.2 Å². The van der Waals surface area contributed by atoms with Gasteiger partial charge in [0, 0.05) is 24.2 Å². The maximum atomic E-state index is 12.9. The standard InChI is InChI=1S/C22H27NO4/c1-25-19-8-10-20(11-9-19)27-16-18-15-17(7-12-21(18)26-2)22(24)23-13-5-3-4-6-14-23/h7-12,15H,3-6,13-14,16H2,1-2H3. The molecule has 144 valence electrons. The summed E-state index contributed by atoms with van der Waals surface area (Å²) in [6.45, 7) is 2.00. The van der Waals surface area contributed by atoms with Crippen LogP contribution in [0.25, 0.3) is 0 Å². The fourth-order valence-electron chi connectivity index (χ4n) is 3.31. The van der Waals surface area contributed by atoms with Crippen LogP contribution in [0.4, 0.5) is 0 Å². The van der Waals surface area contributed by atoms with Gasteiger partial charge in [-0.15, -0.1) is 0 Å². The van der Waals surface area contributed by atoms with E-state index in [1.54, 1.807) is 14.2 Å². The van der Waals surface area contributed by atoms with E-state index in [1.807, 2.05) is 47.4 Å². The van der Waals surface area contributed by atoms with E-state index < -0.39 is 0 Å². The highest BCUT2D eigenvalue weighted by atomic mass is 16.5. The number of rotatable bonds is 6. The first kappa shape index (κ1) is 19.1. The maximum Gasteiger partial charge on any atom is 0.253 e. The van der Waals surface area contributed by atoms with E-state index in [0.717, 1.165) is 48.7 Å². The van der Waals surface area contributed by atoms with Gasteiger partial charge in [-0.2, -0.15) is 0 Å². The van der Waals surface area contributed by atoms with E-state index in [1.165, 1.54) is 12.8 Å². The first-order chi connectivity index (χ1) is 13.2. The Morgan fingerprint density at radius 1 is 0.889 bits per heavy atom. The van der Waals surface area contributed by atoms with Gasteiger partial charge >= 0.3 is 0 Å². The molecule has 1 heterocycles. The van der Waals surface area contributed by atoms with Crippen molar-refractivity contribution in [2.75, 3.05) is 27.3 Å². The van der Waals surface area contributed by atoms with Gasteiger partial charge in [-0.05, 0) is 55.3 Å². The van der Waals surface area contributed by atoms with Gasteiger partial charge in [0.05, 0.1) is 14.2 Å². The Bertz CT molecular complexity index is 749. The Labute approximate surface area is 160 Å². The number of nitrogens with zero attached hydrogens (tertiary/aromatic N) is 1. The smallest absolute Gasteiger partial charge is 0.253 e. The summed E-state index contributed by atoms with van der Waals surface area (Å²) in [6, 6.07) is 13.0. The first-order valence-corrected chi connectivity index (χ1v) is 9.44. The predicted octanol–water partition coefficient (Wildman–Crippen LogP) is 4.30. The Morgan fingerprint density at radius 3 is 2.19 bits per heavy atom. The molecule has 1 fully saturated rings. The summed E-state index contributed by atoms with van der Waals surface area (Å²) in [5.74, 6) is 2.33. The molecule has 0 unspecified atom stereocenters. The minimum atomic E-state index is 0.0882. The zero-order valence-electron chi connectivity index (χ0n) is 16.1. The van der Waals surface area contributed by atoms with Gasteiger partial charge in [-0.25, -0.2) is 0 Å². The lowest BCUT2D eigenvalue weighted by Crippen LogP contribution is -2.31. The van der Waals surface area contributed by atoms with Crippen molar-refractivity contribution >= 4 is 5.91 Å². The largest absolute Gasteiger partial charge is 0.497 e. The van der Waals surface area contributed by atoms with Crippen molar-refractivity contribution < 1.29 is 19.0 Å². The topological polar surface area (TPSA) is 48.0 Å². The van der Waals surface area contributed by atoms with Gasteiger partial charge < -0.3 is 19.1 Å². The van der Waals surface area contributed by atoms with Crippen LogP contribution in [0.1, 0.15) is 41.6 Å². The second-order valence-electron chi connectivity index (χ2n) is 6.70. The van der Waals surface area contributed by atoms with Gasteiger partial charge in [0.25, 0.3) is 5.91 Å². The van der Waals surface area contributed by atoms with Gasteiger partial charge in [0.1, 0.15) is 23.9 Å². The number of likely N-dealkylation sites (tertiary alicyclic amines) is 1. The molecule has 2 aromatic carbocycles. The van der Waals surface area contributed by atoms with E-state index in [9.17, 15) is 4.79 Å². The average Bonchev–Trinajstić information content (AvgIpc) is 3.01. The van der Waals surface area contributed by atoms with E-state index in [-0.39, 0.29) is 5.91 Å². The molecule has 0 atom stereocenters. The summed E-state index contributed by atoms with van der Waals surface area (Å²) in [7, 11) is 3.26. The van der Waals surface area contributed by atoms with Crippen molar-refractivity contribution in [1.82, 2.24) is 4.90 Å².